The molecule has 2 heterocycles. The molecule has 4 heteroatoms. The average Bonchev–Trinajstić information content (AvgIpc) is 3.27. The summed E-state index contributed by atoms with van der Waals surface area (Å²) < 4.78 is 0. The van der Waals surface area contributed by atoms with Crippen LogP contribution in [0.25, 0.3) is 22.2 Å². The number of benzene rings is 2. The van der Waals surface area contributed by atoms with Gasteiger partial charge in [0.05, 0.1) is 5.69 Å². The summed E-state index contributed by atoms with van der Waals surface area (Å²) in [5, 5.41) is 7.73. The molecular formula is C20H19N3S. The van der Waals surface area contributed by atoms with E-state index >= 15 is 0 Å². The third-order valence-electron chi connectivity index (χ3n) is 4.25. The summed E-state index contributed by atoms with van der Waals surface area (Å²) in [6.45, 7) is 2.98. The third kappa shape index (κ3) is 2.81. The monoisotopic (exact) mass is 333 g/mol. The van der Waals surface area contributed by atoms with E-state index in [0.717, 1.165) is 23.8 Å². The van der Waals surface area contributed by atoms with Gasteiger partial charge in [0.25, 0.3) is 0 Å². The Morgan fingerprint density at radius 2 is 1.96 bits per heavy atom. The lowest BCUT2D eigenvalue weighted by molar-refractivity contribution is 1.14. The van der Waals surface area contributed by atoms with Crippen molar-refractivity contribution in [2.45, 2.75) is 19.9 Å². The lowest BCUT2D eigenvalue weighted by atomic mass is 10.1. The number of aromatic nitrogens is 2. The molecule has 2 N–H and O–H groups in total. The average molecular weight is 333 g/mol. The first-order chi connectivity index (χ1) is 11.8. The second-order valence-corrected chi connectivity index (χ2v) is 6.63. The Labute approximate surface area is 145 Å². The predicted molar refractivity (Wildman–Crippen MR) is 103 cm³/mol. The summed E-state index contributed by atoms with van der Waals surface area (Å²) in [5.74, 6) is 0. The van der Waals surface area contributed by atoms with Gasteiger partial charge in [-0.3, -0.25) is 0 Å². The zero-order valence-corrected chi connectivity index (χ0v) is 14.4. The van der Waals surface area contributed by atoms with Crippen molar-refractivity contribution in [2.24, 2.45) is 0 Å². The van der Waals surface area contributed by atoms with E-state index in [-0.39, 0.29) is 0 Å². The number of para-hydroxylation sites is 1. The molecule has 0 bridgehead atoms. The van der Waals surface area contributed by atoms with E-state index in [1.54, 1.807) is 11.3 Å². The summed E-state index contributed by atoms with van der Waals surface area (Å²) in [7, 11) is 0. The van der Waals surface area contributed by atoms with E-state index in [0.29, 0.717) is 0 Å². The van der Waals surface area contributed by atoms with Crippen LogP contribution < -0.4 is 5.32 Å². The maximum atomic E-state index is 4.76. The molecule has 0 fully saturated rings. The number of nitrogens with zero attached hydrogens (tertiary/aromatic N) is 1. The zero-order chi connectivity index (χ0) is 16.4. The molecule has 0 spiro atoms. The molecule has 0 saturated carbocycles. The highest BCUT2D eigenvalue weighted by atomic mass is 32.1. The van der Waals surface area contributed by atoms with E-state index in [1.165, 1.54) is 27.6 Å². The number of H-pyrrole nitrogens is 1. The molecule has 4 rings (SSSR count). The number of aromatic amines is 1. The number of hydrogen-bond donors (Lipinski definition) is 2. The summed E-state index contributed by atoms with van der Waals surface area (Å²) in [6.07, 6.45) is 3.10. The first-order valence-electron chi connectivity index (χ1n) is 8.18. The zero-order valence-electron chi connectivity index (χ0n) is 13.5. The largest absolute Gasteiger partial charge is 0.360 e. The van der Waals surface area contributed by atoms with Gasteiger partial charge in [-0.2, -0.15) is 0 Å². The molecule has 4 aromatic rings. The topological polar surface area (TPSA) is 40.7 Å². The fourth-order valence-electron chi connectivity index (χ4n) is 2.98. The minimum atomic E-state index is 0.793. The van der Waals surface area contributed by atoms with Crippen LogP contribution in [0, 0.1) is 0 Å². The number of rotatable bonds is 5. The van der Waals surface area contributed by atoms with Crippen LogP contribution in [0.1, 0.15) is 18.1 Å². The Morgan fingerprint density at radius 1 is 1.08 bits per heavy atom. The van der Waals surface area contributed by atoms with Crippen LogP contribution in [0.15, 0.2) is 60.1 Å². The van der Waals surface area contributed by atoms with E-state index in [1.807, 2.05) is 6.07 Å². The number of nitrogens with one attached hydrogen (secondary N) is 2. The highest BCUT2D eigenvalue weighted by Gasteiger charge is 2.11. The highest BCUT2D eigenvalue weighted by Crippen LogP contribution is 2.32. The Morgan fingerprint density at radius 3 is 2.79 bits per heavy atom. The summed E-state index contributed by atoms with van der Waals surface area (Å²) in [4.78, 5) is 8.18. The quantitative estimate of drug-likeness (QED) is 0.509. The molecule has 2 aromatic carbocycles. The number of anilines is 1. The number of fused-ring (bicyclic) bond motifs is 1. The molecule has 0 radical (unpaired) electrons. The Hall–Kier alpha value is -2.59. The van der Waals surface area contributed by atoms with Crippen LogP contribution in [-0.2, 0) is 13.0 Å². The Balaban J connectivity index is 1.59. The second-order valence-electron chi connectivity index (χ2n) is 5.77. The van der Waals surface area contributed by atoms with Gasteiger partial charge in [0, 0.05) is 34.6 Å². The van der Waals surface area contributed by atoms with Gasteiger partial charge in [0.2, 0.25) is 0 Å². The van der Waals surface area contributed by atoms with Crippen molar-refractivity contribution in [1.29, 1.82) is 0 Å². The highest BCUT2D eigenvalue weighted by molar-refractivity contribution is 7.14. The molecular weight excluding hydrogens is 314 g/mol. The predicted octanol–water partition coefficient (Wildman–Crippen LogP) is 5.47. The van der Waals surface area contributed by atoms with Crippen LogP contribution in [0.4, 0.5) is 5.13 Å². The fourth-order valence-corrected chi connectivity index (χ4v) is 3.69. The van der Waals surface area contributed by atoms with E-state index in [9.17, 15) is 0 Å². The van der Waals surface area contributed by atoms with Gasteiger partial charge in [0.15, 0.2) is 5.13 Å². The molecule has 0 aliphatic carbocycles. The van der Waals surface area contributed by atoms with Crippen molar-refractivity contribution < 1.29 is 0 Å². The van der Waals surface area contributed by atoms with Crippen LogP contribution in [0.3, 0.4) is 0 Å². The smallest absolute Gasteiger partial charge is 0.183 e. The van der Waals surface area contributed by atoms with Gasteiger partial charge in [-0.05, 0) is 17.5 Å². The van der Waals surface area contributed by atoms with Crippen LogP contribution in [0.5, 0.6) is 0 Å². The molecule has 0 unspecified atom stereocenters. The number of hydrogen-bond acceptors (Lipinski definition) is 3. The van der Waals surface area contributed by atoms with Gasteiger partial charge in [-0.1, -0.05) is 55.5 Å². The van der Waals surface area contributed by atoms with Gasteiger partial charge in [-0.15, -0.1) is 11.3 Å². The molecule has 2 aromatic heterocycles. The maximum Gasteiger partial charge on any atom is 0.183 e. The van der Waals surface area contributed by atoms with Gasteiger partial charge < -0.3 is 10.3 Å². The lowest BCUT2D eigenvalue weighted by Gasteiger charge is -2.02. The molecule has 0 amide bonds. The van der Waals surface area contributed by atoms with E-state index in [2.05, 4.69) is 71.3 Å². The van der Waals surface area contributed by atoms with Crippen LogP contribution in [-0.4, -0.2) is 9.97 Å². The summed E-state index contributed by atoms with van der Waals surface area (Å²) in [6, 6.07) is 16.9. The van der Waals surface area contributed by atoms with Crippen molar-refractivity contribution in [3.63, 3.8) is 0 Å². The number of thiazole rings is 1. The normalized spacial score (nSPS) is 11.0. The molecule has 120 valence electrons. The minimum absolute atomic E-state index is 0.793. The molecule has 0 saturated heterocycles. The number of aryl methyl sites for hydroxylation is 1. The van der Waals surface area contributed by atoms with E-state index < -0.39 is 0 Å². The first kappa shape index (κ1) is 15.0. The second kappa shape index (κ2) is 6.49. The molecule has 0 atom stereocenters. The molecule has 3 nitrogen and oxygen atoms in total. The van der Waals surface area contributed by atoms with Crippen LogP contribution in [0.2, 0.25) is 0 Å². The van der Waals surface area contributed by atoms with Crippen molar-refractivity contribution in [3.05, 3.63) is 71.2 Å². The van der Waals surface area contributed by atoms with Crippen LogP contribution >= 0.6 is 11.3 Å². The standard InChI is InChI=1S/C20H19N3S/c1-2-15-9-6-10-16-17(12-21-19(15)16)18-13-24-20(23-18)22-11-14-7-4-3-5-8-14/h3-10,12-13,21H,2,11H2,1H3,(H,22,23). The molecule has 0 aliphatic rings. The lowest BCUT2D eigenvalue weighted by Crippen LogP contribution is -1.98. The van der Waals surface area contributed by atoms with Gasteiger partial charge in [-0.25, -0.2) is 4.98 Å². The Kier molecular flexibility index (Phi) is 4.05. The first-order valence-corrected chi connectivity index (χ1v) is 9.06. The van der Waals surface area contributed by atoms with Gasteiger partial charge in [0.1, 0.15) is 0 Å². The maximum absolute atomic E-state index is 4.76. The molecule has 24 heavy (non-hydrogen) atoms. The minimum Gasteiger partial charge on any atom is -0.360 e. The third-order valence-corrected chi connectivity index (χ3v) is 5.05. The SMILES string of the molecule is CCc1cccc2c(-c3csc(NCc4ccccc4)n3)c[nH]c12. The fraction of sp³-hybridized carbons (Fsp3) is 0.150. The summed E-state index contributed by atoms with van der Waals surface area (Å²) >= 11 is 1.65. The summed E-state index contributed by atoms with van der Waals surface area (Å²) in [5.41, 5.74) is 6.02. The Bertz CT molecular complexity index is 953. The van der Waals surface area contributed by atoms with E-state index in [4.69, 9.17) is 4.98 Å². The van der Waals surface area contributed by atoms with Crippen molar-refractivity contribution in [2.75, 3.05) is 5.32 Å². The van der Waals surface area contributed by atoms with Crippen molar-refractivity contribution in [3.8, 4) is 11.3 Å². The molecule has 0 aliphatic heterocycles. The van der Waals surface area contributed by atoms with Crippen molar-refractivity contribution >= 4 is 27.4 Å². The van der Waals surface area contributed by atoms with Crippen molar-refractivity contribution in [1.82, 2.24) is 9.97 Å². The van der Waals surface area contributed by atoms with Gasteiger partial charge >= 0.3 is 0 Å².